The van der Waals surface area contributed by atoms with Crippen molar-refractivity contribution in [1.29, 1.82) is 0 Å². The Morgan fingerprint density at radius 1 is 1.50 bits per heavy atom. The molecule has 3 rings (SSSR count). The van der Waals surface area contributed by atoms with Gasteiger partial charge in [-0.05, 0) is 50.0 Å². The lowest BCUT2D eigenvalue weighted by Gasteiger charge is -2.23. The van der Waals surface area contributed by atoms with Gasteiger partial charge in [0.05, 0.1) is 0 Å². The summed E-state index contributed by atoms with van der Waals surface area (Å²) in [6, 6.07) is 6.10. The summed E-state index contributed by atoms with van der Waals surface area (Å²) in [5, 5.41) is 6.93. The topological polar surface area (TPSA) is 50.1 Å². The van der Waals surface area contributed by atoms with Crippen LogP contribution in [0.1, 0.15) is 18.7 Å². The number of aryl methyl sites for hydroxylation is 1. The Hall–Kier alpha value is -1.55. The van der Waals surface area contributed by atoms with Crippen molar-refractivity contribution in [2.45, 2.75) is 19.8 Å². The third-order valence-electron chi connectivity index (χ3n) is 3.49. The van der Waals surface area contributed by atoms with Gasteiger partial charge in [0.15, 0.2) is 11.5 Å². The Kier molecular flexibility index (Phi) is 3.19. The van der Waals surface area contributed by atoms with Crippen molar-refractivity contribution >= 4 is 16.8 Å². The quantitative estimate of drug-likeness (QED) is 0.872. The molecule has 2 heterocycles. The first-order chi connectivity index (χ1) is 8.81. The first-order valence-electron chi connectivity index (χ1n) is 6.63. The van der Waals surface area contributed by atoms with Crippen LogP contribution in [-0.2, 0) is 0 Å². The summed E-state index contributed by atoms with van der Waals surface area (Å²) in [6.45, 7) is 5.19. The first-order valence-corrected chi connectivity index (χ1v) is 6.63. The van der Waals surface area contributed by atoms with Crippen LogP contribution in [0.4, 0.5) is 5.69 Å². The number of benzene rings is 1. The Bertz CT molecular complexity index is 529. The third kappa shape index (κ3) is 2.48. The zero-order chi connectivity index (χ0) is 12.4. The van der Waals surface area contributed by atoms with Crippen LogP contribution in [0.15, 0.2) is 22.6 Å². The van der Waals surface area contributed by atoms with E-state index in [1.54, 1.807) is 0 Å². The fourth-order valence-corrected chi connectivity index (χ4v) is 2.51. The largest absolute Gasteiger partial charge is 0.441 e. The van der Waals surface area contributed by atoms with Crippen LogP contribution in [0.2, 0.25) is 0 Å². The Morgan fingerprint density at radius 3 is 3.28 bits per heavy atom. The van der Waals surface area contributed by atoms with Crippen LogP contribution < -0.4 is 10.6 Å². The third-order valence-corrected chi connectivity index (χ3v) is 3.49. The molecule has 0 spiro atoms. The molecule has 0 amide bonds. The van der Waals surface area contributed by atoms with Gasteiger partial charge in [-0.2, -0.15) is 0 Å². The molecule has 2 aromatic rings. The average molecular weight is 245 g/mol. The maximum Gasteiger partial charge on any atom is 0.192 e. The zero-order valence-electron chi connectivity index (χ0n) is 10.7. The number of hydrogen-bond donors (Lipinski definition) is 2. The smallest absolute Gasteiger partial charge is 0.192 e. The SMILES string of the molecule is Cc1nc2cc(NCC3CCCNC3)ccc2o1. The van der Waals surface area contributed by atoms with Crippen molar-refractivity contribution in [3.63, 3.8) is 0 Å². The molecule has 4 heteroatoms. The molecule has 0 radical (unpaired) electrons. The van der Waals surface area contributed by atoms with E-state index in [4.69, 9.17) is 4.42 Å². The van der Waals surface area contributed by atoms with Gasteiger partial charge in [0, 0.05) is 19.2 Å². The second kappa shape index (κ2) is 4.98. The monoisotopic (exact) mass is 245 g/mol. The molecule has 1 atom stereocenters. The van der Waals surface area contributed by atoms with E-state index in [2.05, 4.69) is 27.8 Å². The summed E-state index contributed by atoms with van der Waals surface area (Å²) in [5.41, 5.74) is 2.91. The first kappa shape index (κ1) is 11.5. The summed E-state index contributed by atoms with van der Waals surface area (Å²) < 4.78 is 5.47. The lowest BCUT2D eigenvalue weighted by atomic mass is 10.00. The molecule has 1 aromatic carbocycles. The molecule has 1 unspecified atom stereocenters. The van der Waals surface area contributed by atoms with Crippen LogP contribution in [0.25, 0.3) is 11.1 Å². The van der Waals surface area contributed by atoms with E-state index in [-0.39, 0.29) is 0 Å². The summed E-state index contributed by atoms with van der Waals surface area (Å²) in [4.78, 5) is 4.35. The van der Waals surface area contributed by atoms with E-state index in [1.165, 1.54) is 19.4 Å². The van der Waals surface area contributed by atoms with Gasteiger partial charge in [-0.1, -0.05) is 0 Å². The number of anilines is 1. The summed E-state index contributed by atoms with van der Waals surface area (Å²) in [5.74, 6) is 1.45. The van der Waals surface area contributed by atoms with Crippen molar-refractivity contribution in [2.24, 2.45) is 5.92 Å². The van der Waals surface area contributed by atoms with Gasteiger partial charge < -0.3 is 15.1 Å². The fourth-order valence-electron chi connectivity index (χ4n) is 2.51. The number of aromatic nitrogens is 1. The van der Waals surface area contributed by atoms with Gasteiger partial charge in [0.2, 0.25) is 0 Å². The number of oxazole rings is 1. The number of hydrogen-bond acceptors (Lipinski definition) is 4. The molecule has 2 N–H and O–H groups in total. The maximum atomic E-state index is 5.47. The average Bonchev–Trinajstić information content (AvgIpc) is 2.77. The van der Waals surface area contributed by atoms with E-state index in [0.29, 0.717) is 0 Å². The molecule has 1 saturated heterocycles. The highest BCUT2D eigenvalue weighted by atomic mass is 16.3. The minimum Gasteiger partial charge on any atom is -0.441 e. The Morgan fingerprint density at radius 2 is 2.44 bits per heavy atom. The van der Waals surface area contributed by atoms with Gasteiger partial charge in [-0.15, -0.1) is 0 Å². The van der Waals surface area contributed by atoms with Crippen molar-refractivity contribution in [2.75, 3.05) is 25.0 Å². The second-order valence-electron chi connectivity index (χ2n) is 5.01. The lowest BCUT2D eigenvalue weighted by Crippen LogP contribution is -2.33. The molecular weight excluding hydrogens is 226 g/mol. The summed E-state index contributed by atoms with van der Waals surface area (Å²) in [6.07, 6.45) is 2.60. The predicted molar refractivity (Wildman–Crippen MR) is 72.8 cm³/mol. The molecule has 0 saturated carbocycles. The molecule has 1 aliphatic rings. The predicted octanol–water partition coefficient (Wildman–Crippen LogP) is 2.55. The standard InChI is InChI=1S/C14H19N3O/c1-10-17-13-7-12(4-5-14(13)18-10)16-9-11-3-2-6-15-8-11/h4-5,7,11,15-16H,2-3,6,8-9H2,1H3. The van der Waals surface area contributed by atoms with Crippen LogP contribution in [0.3, 0.4) is 0 Å². The molecule has 4 nitrogen and oxygen atoms in total. The maximum absolute atomic E-state index is 5.47. The van der Waals surface area contributed by atoms with Gasteiger partial charge in [-0.3, -0.25) is 0 Å². The normalized spacial score (nSPS) is 20.2. The van der Waals surface area contributed by atoms with Crippen LogP contribution >= 0.6 is 0 Å². The van der Waals surface area contributed by atoms with Crippen LogP contribution in [-0.4, -0.2) is 24.6 Å². The highest BCUT2D eigenvalue weighted by Gasteiger charge is 2.12. The summed E-state index contributed by atoms with van der Waals surface area (Å²) >= 11 is 0. The Balaban J connectivity index is 1.66. The molecule has 96 valence electrons. The van der Waals surface area contributed by atoms with Gasteiger partial charge in [0.1, 0.15) is 5.52 Å². The van der Waals surface area contributed by atoms with E-state index in [9.17, 15) is 0 Å². The molecule has 0 bridgehead atoms. The van der Waals surface area contributed by atoms with Crippen LogP contribution in [0, 0.1) is 12.8 Å². The number of piperidine rings is 1. The van der Waals surface area contributed by atoms with E-state index in [1.807, 2.05) is 13.0 Å². The summed E-state index contributed by atoms with van der Waals surface area (Å²) in [7, 11) is 0. The minimum absolute atomic E-state index is 0.721. The number of rotatable bonds is 3. The van der Waals surface area contributed by atoms with Gasteiger partial charge in [-0.25, -0.2) is 4.98 Å². The number of fused-ring (bicyclic) bond motifs is 1. The molecule has 0 aliphatic carbocycles. The van der Waals surface area contributed by atoms with E-state index >= 15 is 0 Å². The van der Waals surface area contributed by atoms with E-state index < -0.39 is 0 Å². The van der Waals surface area contributed by atoms with Crippen molar-refractivity contribution in [3.05, 3.63) is 24.1 Å². The van der Waals surface area contributed by atoms with Gasteiger partial charge >= 0.3 is 0 Å². The van der Waals surface area contributed by atoms with Crippen LogP contribution in [0.5, 0.6) is 0 Å². The van der Waals surface area contributed by atoms with Gasteiger partial charge in [0.25, 0.3) is 0 Å². The zero-order valence-corrected chi connectivity index (χ0v) is 10.7. The molecule has 1 fully saturated rings. The fraction of sp³-hybridized carbons (Fsp3) is 0.500. The number of nitrogens with one attached hydrogen (secondary N) is 2. The molecule has 1 aromatic heterocycles. The van der Waals surface area contributed by atoms with E-state index in [0.717, 1.165) is 41.7 Å². The minimum atomic E-state index is 0.721. The second-order valence-corrected chi connectivity index (χ2v) is 5.01. The molecule has 1 aliphatic heterocycles. The highest BCUT2D eigenvalue weighted by Crippen LogP contribution is 2.20. The highest BCUT2D eigenvalue weighted by molar-refractivity contribution is 5.77. The molecular formula is C14H19N3O. The van der Waals surface area contributed by atoms with Crippen molar-refractivity contribution in [1.82, 2.24) is 10.3 Å². The Labute approximate surface area is 107 Å². The van der Waals surface area contributed by atoms with Crippen molar-refractivity contribution < 1.29 is 4.42 Å². The molecule has 18 heavy (non-hydrogen) atoms. The lowest BCUT2D eigenvalue weighted by molar-refractivity contribution is 0.393. The number of nitrogens with zero attached hydrogens (tertiary/aromatic N) is 1. The van der Waals surface area contributed by atoms with Crippen molar-refractivity contribution in [3.8, 4) is 0 Å².